The van der Waals surface area contributed by atoms with Crippen LogP contribution in [-0.4, -0.2) is 50.6 Å². The van der Waals surface area contributed by atoms with Crippen LogP contribution in [0, 0.1) is 0 Å². The number of thioether (sulfide) groups is 1. The molecule has 1 amide bonds. The first-order chi connectivity index (χ1) is 11.1. The van der Waals surface area contributed by atoms with Gasteiger partial charge in [0.1, 0.15) is 11.9 Å². The van der Waals surface area contributed by atoms with Gasteiger partial charge in [-0.2, -0.15) is 0 Å². The minimum Gasteiger partial charge on any atom is -0.383 e. The summed E-state index contributed by atoms with van der Waals surface area (Å²) in [5, 5.41) is 11.0. The topological polar surface area (TPSA) is 115 Å². The Kier molecular flexibility index (Phi) is 5.88. The van der Waals surface area contributed by atoms with Crippen molar-refractivity contribution in [3.63, 3.8) is 0 Å². The molecule has 0 spiro atoms. The number of rotatable bonds is 7. The molecular weight excluding hydrogens is 320 g/mol. The molecule has 0 aliphatic rings. The van der Waals surface area contributed by atoms with Crippen LogP contribution in [0.25, 0.3) is 0 Å². The first kappa shape index (κ1) is 17.2. The Morgan fingerprint density at radius 2 is 2.35 bits per heavy atom. The zero-order valence-corrected chi connectivity index (χ0v) is 13.9. The van der Waals surface area contributed by atoms with Gasteiger partial charge in [-0.1, -0.05) is 11.8 Å². The zero-order valence-electron chi connectivity index (χ0n) is 13.1. The van der Waals surface area contributed by atoms with Crippen molar-refractivity contribution < 1.29 is 9.53 Å². The molecule has 0 aliphatic heterocycles. The lowest BCUT2D eigenvalue weighted by molar-refractivity contribution is 0.0935. The molecule has 0 aliphatic carbocycles. The Labute approximate surface area is 136 Å². The zero-order chi connectivity index (χ0) is 16.8. The van der Waals surface area contributed by atoms with Gasteiger partial charge in [-0.05, 0) is 13.2 Å². The highest BCUT2D eigenvalue weighted by Gasteiger charge is 2.19. The maximum atomic E-state index is 12.2. The average molecular weight is 338 g/mol. The van der Waals surface area contributed by atoms with E-state index < -0.39 is 17.5 Å². The predicted octanol–water partition coefficient (Wildman–Crippen LogP) is 0.221. The number of H-pyrrole nitrogens is 1. The highest BCUT2D eigenvalue weighted by molar-refractivity contribution is 7.98. The number of amides is 1. The largest absolute Gasteiger partial charge is 0.383 e. The Bertz CT molecular complexity index is 728. The molecule has 0 saturated heterocycles. The summed E-state index contributed by atoms with van der Waals surface area (Å²) in [6.45, 7) is 2.85. The van der Waals surface area contributed by atoms with E-state index in [-0.39, 0.29) is 5.56 Å². The van der Waals surface area contributed by atoms with Crippen LogP contribution in [0.1, 0.15) is 29.1 Å². The second-order valence-corrected chi connectivity index (χ2v) is 5.50. The van der Waals surface area contributed by atoms with Gasteiger partial charge in [0, 0.05) is 19.9 Å². The maximum absolute atomic E-state index is 12.2. The number of aromatic nitrogens is 5. The summed E-state index contributed by atoms with van der Waals surface area (Å²) in [5.74, 6) is 0.0701. The van der Waals surface area contributed by atoms with Crippen LogP contribution in [0.4, 0.5) is 0 Å². The molecular formula is C13H18N6O3S. The third-order valence-electron chi connectivity index (χ3n) is 3.13. The van der Waals surface area contributed by atoms with E-state index >= 15 is 0 Å². The van der Waals surface area contributed by atoms with Crippen molar-refractivity contribution in [2.75, 3.05) is 20.0 Å². The highest BCUT2D eigenvalue weighted by Crippen LogP contribution is 2.10. The fourth-order valence-electron chi connectivity index (χ4n) is 1.94. The molecule has 0 aromatic carbocycles. The molecule has 124 valence electrons. The number of hydrogen-bond donors (Lipinski definition) is 2. The molecule has 0 fully saturated rings. The van der Waals surface area contributed by atoms with Gasteiger partial charge in [0.2, 0.25) is 0 Å². The highest BCUT2D eigenvalue weighted by atomic mass is 32.2. The van der Waals surface area contributed by atoms with Crippen LogP contribution in [-0.2, 0) is 11.3 Å². The van der Waals surface area contributed by atoms with Crippen molar-refractivity contribution in [3.05, 3.63) is 34.3 Å². The molecule has 2 N–H and O–H groups in total. The lowest BCUT2D eigenvalue weighted by atomic mass is 10.2. The van der Waals surface area contributed by atoms with Crippen LogP contribution in [0.2, 0.25) is 0 Å². The van der Waals surface area contributed by atoms with Crippen LogP contribution >= 0.6 is 11.8 Å². The lowest BCUT2D eigenvalue weighted by Crippen LogP contribution is -2.33. The fourth-order valence-corrected chi connectivity index (χ4v) is 2.30. The van der Waals surface area contributed by atoms with Gasteiger partial charge in [-0.15, -0.1) is 10.2 Å². The van der Waals surface area contributed by atoms with Gasteiger partial charge < -0.3 is 19.6 Å². The molecule has 9 nitrogen and oxygen atoms in total. The number of nitrogens with one attached hydrogen (secondary N) is 2. The molecule has 10 heteroatoms. The van der Waals surface area contributed by atoms with Crippen LogP contribution in [0.5, 0.6) is 0 Å². The smallest absolute Gasteiger partial charge is 0.264 e. The summed E-state index contributed by atoms with van der Waals surface area (Å²) in [6.07, 6.45) is 4.62. The second-order valence-electron chi connectivity index (χ2n) is 4.71. The van der Waals surface area contributed by atoms with Gasteiger partial charge in [-0.25, -0.2) is 4.98 Å². The second kappa shape index (κ2) is 7.88. The number of methoxy groups -OCH3 is 1. The van der Waals surface area contributed by atoms with Gasteiger partial charge in [0.15, 0.2) is 11.0 Å². The third-order valence-corrected chi connectivity index (χ3v) is 3.72. The number of aromatic amines is 1. The molecule has 2 aromatic heterocycles. The normalized spacial score (nSPS) is 12.1. The van der Waals surface area contributed by atoms with E-state index in [1.807, 2.05) is 0 Å². The molecule has 2 rings (SSSR count). The fraction of sp³-hybridized carbons (Fsp3) is 0.462. The first-order valence-corrected chi connectivity index (χ1v) is 8.10. The van der Waals surface area contributed by atoms with E-state index in [2.05, 4.69) is 25.5 Å². The van der Waals surface area contributed by atoms with Gasteiger partial charge in [-0.3, -0.25) is 9.59 Å². The van der Waals surface area contributed by atoms with Crippen LogP contribution < -0.4 is 10.9 Å². The van der Waals surface area contributed by atoms with Crippen molar-refractivity contribution in [1.82, 2.24) is 30.0 Å². The Hall–Kier alpha value is -2.20. The first-order valence-electron chi connectivity index (χ1n) is 6.87. The monoisotopic (exact) mass is 338 g/mol. The summed E-state index contributed by atoms with van der Waals surface area (Å²) >= 11 is 1.29. The minimum absolute atomic E-state index is 0.0439. The lowest BCUT2D eigenvalue weighted by Gasteiger charge is -2.14. The maximum Gasteiger partial charge on any atom is 0.264 e. The van der Waals surface area contributed by atoms with Crippen LogP contribution in [0.3, 0.4) is 0 Å². The molecule has 1 atom stereocenters. The summed E-state index contributed by atoms with van der Waals surface area (Å²) < 4.78 is 6.80. The van der Waals surface area contributed by atoms with E-state index in [1.165, 1.54) is 18.0 Å². The quantitative estimate of drug-likeness (QED) is 0.548. The molecule has 0 saturated carbocycles. The third kappa shape index (κ3) is 4.17. The standard InChI is InChI=1S/C13H18N6O3S/c1-8(10-18-15-7-19(10)4-5-22-2)16-11(20)9-6-14-13(23-3)17-12(9)21/h6-8H,4-5H2,1-3H3,(H,16,20)(H,14,17,21)/t8-/m1/s1. The van der Waals surface area contributed by atoms with Gasteiger partial charge >= 0.3 is 0 Å². The van der Waals surface area contributed by atoms with Crippen molar-refractivity contribution in [2.45, 2.75) is 24.7 Å². The summed E-state index contributed by atoms with van der Waals surface area (Å²) in [7, 11) is 1.60. The molecule has 0 unspecified atom stereocenters. The van der Waals surface area contributed by atoms with E-state index in [0.717, 1.165) is 0 Å². The SMILES string of the molecule is COCCn1cnnc1[C@@H](C)NC(=O)c1cnc(SC)[nH]c1=O. The predicted molar refractivity (Wildman–Crippen MR) is 84.4 cm³/mol. The van der Waals surface area contributed by atoms with E-state index in [9.17, 15) is 9.59 Å². The van der Waals surface area contributed by atoms with E-state index in [4.69, 9.17) is 4.74 Å². The Morgan fingerprint density at radius 3 is 3.00 bits per heavy atom. The van der Waals surface area contributed by atoms with Gasteiger partial charge in [0.25, 0.3) is 11.5 Å². The number of ether oxygens (including phenoxy) is 1. The summed E-state index contributed by atoms with van der Waals surface area (Å²) in [6, 6.07) is -0.415. The molecule has 2 aromatic rings. The number of carbonyl (C=O) groups is 1. The van der Waals surface area contributed by atoms with Crippen LogP contribution in [0.15, 0.2) is 22.5 Å². The van der Waals surface area contributed by atoms with E-state index in [1.54, 1.807) is 31.2 Å². The molecule has 0 bridgehead atoms. The minimum atomic E-state index is -0.514. The van der Waals surface area contributed by atoms with E-state index in [0.29, 0.717) is 24.1 Å². The summed E-state index contributed by atoms with van der Waals surface area (Å²) in [4.78, 5) is 30.7. The number of carbonyl (C=O) groups excluding carboxylic acids is 1. The average Bonchev–Trinajstić information content (AvgIpc) is 3.01. The number of nitrogens with zero attached hydrogens (tertiary/aromatic N) is 4. The number of hydrogen-bond acceptors (Lipinski definition) is 7. The van der Waals surface area contributed by atoms with Crippen molar-refractivity contribution in [3.8, 4) is 0 Å². The van der Waals surface area contributed by atoms with Crippen molar-refractivity contribution >= 4 is 17.7 Å². The Morgan fingerprint density at radius 1 is 1.57 bits per heavy atom. The molecule has 23 heavy (non-hydrogen) atoms. The summed E-state index contributed by atoms with van der Waals surface area (Å²) in [5.41, 5.74) is -0.521. The van der Waals surface area contributed by atoms with Crippen molar-refractivity contribution in [2.24, 2.45) is 0 Å². The molecule has 2 heterocycles. The van der Waals surface area contributed by atoms with Gasteiger partial charge in [0.05, 0.1) is 12.6 Å². The van der Waals surface area contributed by atoms with Crippen molar-refractivity contribution in [1.29, 1.82) is 0 Å². The molecule has 0 radical (unpaired) electrons. The Balaban J connectivity index is 2.11.